The number of benzene rings is 1. The van der Waals surface area contributed by atoms with Gasteiger partial charge in [-0.15, -0.1) is 0 Å². The van der Waals surface area contributed by atoms with E-state index in [1.807, 2.05) is 12.2 Å². The first-order chi connectivity index (χ1) is 14.3. The number of amides is 3. The first-order valence-electron chi connectivity index (χ1n) is 9.50. The van der Waals surface area contributed by atoms with Gasteiger partial charge in [0.1, 0.15) is 6.04 Å². The lowest BCUT2D eigenvalue weighted by atomic mass is 9.85. The Morgan fingerprint density at radius 2 is 1.63 bits per heavy atom. The molecular formula is C21H22N2O7. The van der Waals surface area contributed by atoms with Crippen LogP contribution in [0.4, 0.5) is 5.69 Å². The molecule has 2 aliphatic rings. The van der Waals surface area contributed by atoms with Crippen LogP contribution in [0.25, 0.3) is 0 Å². The van der Waals surface area contributed by atoms with E-state index in [0.717, 1.165) is 4.90 Å². The molecule has 0 bridgehead atoms. The van der Waals surface area contributed by atoms with E-state index in [-0.39, 0.29) is 11.8 Å². The molecule has 9 heteroatoms. The number of likely N-dealkylation sites (tertiary alicyclic amines) is 1. The van der Waals surface area contributed by atoms with E-state index in [2.05, 4.69) is 10.1 Å². The molecule has 1 saturated heterocycles. The average Bonchev–Trinajstić information content (AvgIpc) is 3.02. The predicted octanol–water partition coefficient (Wildman–Crippen LogP) is 1.29. The molecule has 30 heavy (non-hydrogen) atoms. The summed E-state index contributed by atoms with van der Waals surface area (Å²) < 4.78 is 9.59. The number of esters is 2. The molecule has 0 spiro atoms. The van der Waals surface area contributed by atoms with Crippen LogP contribution in [0, 0.1) is 11.8 Å². The predicted molar refractivity (Wildman–Crippen MR) is 104 cm³/mol. The van der Waals surface area contributed by atoms with Crippen molar-refractivity contribution in [2.75, 3.05) is 19.0 Å². The van der Waals surface area contributed by atoms with Crippen molar-refractivity contribution in [2.45, 2.75) is 25.8 Å². The fraction of sp³-hybridized carbons (Fsp3) is 0.381. The van der Waals surface area contributed by atoms with E-state index in [1.165, 1.54) is 38.3 Å². The highest BCUT2D eigenvalue weighted by atomic mass is 16.5. The zero-order chi connectivity index (χ0) is 21.8. The van der Waals surface area contributed by atoms with Gasteiger partial charge >= 0.3 is 11.9 Å². The molecule has 3 atom stereocenters. The number of hydrogen-bond donors (Lipinski definition) is 1. The van der Waals surface area contributed by atoms with Crippen LogP contribution in [0.3, 0.4) is 0 Å². The van der Waals surface area contributed by atoms with Gasteiger partial charge < -0.3 is 14.8 Å². The summed E-state index contributed by atoms with van der Waals surface area (Å²) >= 11 is 0. The SMILES string of the molecule is COC(=O)c1ccc(NC(=O)COC(=O)[C@H](C)N2C(=O)[C@H]3CC=CC[C@H]3C2=O)cc1. The van der Waals surface area contributed by atoms with Gasteiger partial charge in [-0.25, -0.2) is 9.59 Å². The lowest BCUT2D eigenvalue weighted by molar-refractivity contribution is -0.159. The lowest BCUT2D eigenvalue weighted by Gasteiger charge is -2.21. The number of allylic oxidation sites excluding steroid dienone is 2. The highest BCUT2D eigenvalue weighted by Gasteiger charge is 2.50. The van der Waals surface area contributed by atoms with Crippen LogP contribution >= 0.6 is 0 Å². The second kappa shape index (κ2) is 8.89. The van der Waals surface area contributed by atoms with Crippen molar-refractivity contribution >= 4 is 35.3 Å². The van der Waals surface area contributed by atoms with Crippen molar-refractivity contribution in [3.63, 3.8) is 0 Å². The second-order valence-corrected chi connectivity index (χ2v) is 7.10. The smallest absolute Gasteiger partial charge is 0.337 e. The minimum Gasteiger partial charge on any atom is -0.465 e. The summed E-state index contributed by atoms with van der Waals surface area (Å²) in [6.45, 7) is 0.832. The monoisotopic (exact) mass is 414 g/mol. The molecule has 1 aromatic rings. The third-order valence-electron chi connectivity index (χ3n) is 5.21. The number of hydrogen-bond acceptors (Lipinski definition) is 7. The molecule has 1 aliphatic carbocycles. The molecule has 1 heterocycles. The normalized spacial score (nSPS) is 21.1. The van der Waals surface area contributed by atoms with E-state index >= 15 is 0 Å². The lowest BCUT2D eigenvalue weighted by Crippen LogP contribution is -2.45. The highest BCUT2D eigenvalue weighted by molar-refractivity contribution is 6.08. The average molecular weight is 414 g/mol. The molecule has 0 unspecified atom stereocenters. The fourth-order valence-corrected chi connectivity index (χ4v) is 3.57. The Labute approximate surface area is 173 Å². The highest BCUT2D eigenvalue weighted by Crippen LogP contribution is 2.36. The molecule has 0 radical (unpaired) electrons. The number of nitrogens with one attached hydrogen (secondary N) is 1. The van der Waals surface area contributed by atoms with E-state index in [1.54, 1.807) is 0 Å². The number of nitrogens with zero attached hydrogens (tertiary/aromatic N) is 1. The summed E-state index contributed by atoms with van der Waals surface area (Å²) in [5, 5.41) is 2.52. The van der Waals surface area contributed by atoms with Crippen molar-refractivity contribution in [3.05, 3.63) is 42.0 Å². The van der Waals surface area contributed by atoms with Gasteiger partial charge in [0.25, 0.3) is 5.91 Å². The summed E-state index contributed by atoms with van der Waals surface area (Å²) in [5.41, 5.74) is 0.727. The Morgan fingerprint density at radius 1 is 1.07 bits per heavy atom. The number of carbonyl (C=O) groups is 5. The van der Waals surface area contributed by atoms with Crippen molar-refractivity contribution < 1.29 is 33.4 Å². The number of methoxy groups -OCH3 is 1. The summed E-state index contributed by atoms with van der Waals surface area (Å²) in [5.74, 6) is -3.57. The molecule has 1 aliphatic heterocycles. The van der Waals surface area contributed by atoms with Crippen LogP contribution < -0.4 is 5.32 Å². The van der Waals surface area contributed by atoms with E-state index < -0.39 is 42.3 Å². The third-order valence-corrected chi connectivity index (χ3v) is 5.21. The maximum atomic E-state index is 12.5. The fourth-order valence-electron chi connectivity index (χ4n) is 3.57. The Kier molecular flexibility index (Phi) is 6.29. The molecule has 1 aromatic carbocycles. The van der Waals surface area contributed by atoms with Gasteiger partial charge in [0.2, 0.25) is 11.8 Å². The summed E-state index contributed by atoms with van der Waals surface area (Å²) in [7, 11) is 1.27. The van der Waals surface area contributed by atoms with E-state index in [4.69, 9.17) is 4.74 Å². The van der Waals surface area contributed by atoms with Gasteiger partial charge in [-0.3, -0.25) is 19.3 Å². The minimum absolute atomic E-state index is 0.325. The second-order valence-electron chi connectivity index (χ2n) is 7.10. The van der Waals surface area contributed by atoms with Gasteiger partial charge in [-0.1, -0.05) is 12.2 Å². The molecule has 9 nitrogen and oxygen atoms in total. The van der Waals surface area contributed by atoms with Crippen molar-refractivity contribution in [1.29, 1.82) is 0 Å². The summed E-state index contributed by atoms with van der Waals surface area (Å²) in [6, 6.07) is 4.86. The van der Waals surface area contributed by atoms with Crippen LogP contribution in [0.5, 0.6) is 0 Å². The Morgan fingerprint density at radius 3 is 2.17 bits per heavy atom. The molecule has 1 N–H and O–H groups in total. The van der Waals surface area contributed by atoms with Gasteiger partial charge in [-0.05, 0) is 44.0 Å². The van der Waals surface area contributed by atoms with Crippen LogP contribution in [-0.2, 0) is 28.7 Å². The topological polar surface area (TPSA) is 119 Å². The van der Waals surface area contributed by atoms with Gasteiger partial charge in [0, 0.05) is 5.69 Å². The Hall–Kier alpha value is -3.49. The maximum Gasteiger partial charge on any atom is 0.337 e. The first kappa shape index (κ1) is 21.2. The summed E-state index contributed by atoms with van der Waals surface area (Å²) in [6.07, 6.45) is 4.68. The number of anilines is 1. The van der Waals surface area contributed by atoms with Gasteiger partial charge in [-0.2, -0.15) is 0 Å². The van der Waals surface area contributed by atoms with Crippen LogP contribution in [-0.4, -0.2) is 54.3 Å². The molecular weight excluding hydrogens is 392 g/mol. The molecule has 0 saturated carbocycles. The van der Waals surface area contributed by atoms with E-state index in [0.29, 0.717) is 24.1 Å². The standard InChI is InChI=1S/C21H22N2O7/c1-12(23-18(25)15-5-3-4-6-16(15)19(23)26)20(27)30-11-17(24)22-14-9-7-13(8-10-14)21(28)29-2/h3-4,7-10,12,15-16H,5-6,11H2,1-2H3,(H,22,24)/t12-,15-,16+/m0/s1. The van der Waals surface area contributed by atoms with Crippen LogP contribution in [0.15, 0.2) is 36.4 Å². The van der Waals surface area contributed by atoms with Gasteiger partial charge in [0.15, 0.2) is 6.61 Å². The van der Waals surface area contributed by atoms with Gasteiger partial charge in [0.05, 0.1) is 24.5 Å². The number of carbonyl (C=O) groups excluding carboxylic acids is 5. The molecule has 3 amide bonds. The Bertz CT molecular complexity index is 880. The quantitative estimate of drug-likeness (QED) is 0.423. The van der Waals surface area contributed by atoms with Crippen molar-refractivity contribution in [1.82, 2.24) is 4.90 Å². The van der Waals surface area contributed by atoms with Crippen LogP contribution in [0.2, 0.25) is 0 Å². The zero-order valence-electron chi connectivity index (χ0n) is 16.6. The third kappa shape index (κ3) is 4.24. The molecule has 0 aromatic heterocycles. The minimum atomic E-state index is -1.11. The molecule has 1 fully saturated rings. The number of ether oxygens (including phenoxy) is 2. The molecule has 158 valence electrons. The zero-order valence-corrected chi connectivity index (χ0v) is 16.6. The Balaban J connectivity index is 1.52. The first-order valence-corrected chi connectivity index (χ1v) is 9.50. The number of rotatable bonds is 6. The number of imide groups is 1. The summed E-state index contributed by atoms with van der Waals surface area (Å²) in [4.78, 5) is 61.8. The largest absolute Gasteiger partial charge is 0.465 e. The molecule has 3 rings (SSSR count). The van der Waals surface area contributed by atoms with E-state index in [9.17, 15) is 24.0 Å². The van der Waals surface area contributed by atoms with Crippen molar-refractivity contribution in [3.8, 4) is 0 Å². The van der Waals surface area contributed by atoms with Crippen molar-refractivity contribution in [2.24, 2.45) is 11.8 Å². The number of fused-ring (bicyclic) bond motifs is 1. The maximum absolute atomic E-state index is 12.5. The van der Waals surface area contributed by atoms with Crippen LogP contribution in [0.1, 0.15) is 30.1 Å².